The van der Waals surface area contributed by atoms with Gasteiger partial charge in [-0.3, -0.25) is 9.59 Å². The molecule has 5 rings (SSSR count). The molecule has 2 heterocycles. The van der Waals surface area contributed by atoms with Crippen LogP contribution in [0.5, 0.6) is 0 Å². The number of aryl methyl sites for hydroxylation is 2. The van der Waals surface area contributed by atoms with E-state index < -0.39 is 0 Å². The van der Waals surface area contributed by atoms with E-state index in [-0.39, 0.29) is 24.2 Å². The Bertz CT molecular complexity index is 1380. The van der Waals surface area contributed by atoms with Crippen molar-refractivity contribution in [3.05, 3.63) is 94.9 Å². The molecule has 1 atom stereocenters. The highest BCUT2D eigenvalue weighted by Crippen LogP contribution is 2.32. The smallest absolute Gasteiger partial charge is 0.227 e. The van der Waals surface area contributed by atoms with Crippen molar-refractivity contribution in [2.45, 2.75) is 33.2 Å². The van der Waals surface area contributed by atoms with Crippen molar-refractivity contribution in [2.75, 3.05) is 11.4 Å². The van der Waals surface area contributed by atoms with Gasteiger partial charge < -0.3 is 10.2 Å². The van der Waals surface area contributed by atoms with Crippen molar-refractivity contribution >= 4 is 28.8 Å². The minimum absolute atomic E-state index is 0.0156. The lowest BCUT2D eigenvalue weighted by molar-refractivity contribution is -0.126. The average Bonchev–Trinajstić information content (AvgIpc) is 3.55. The van der Waals surface area contributed by atoms with Crippen LogP contribution in [0.3, 0.4) is 0 Å². The van der Waals surface area contributed by atoms with Gasteiger partial charge in [0.05, 0.1) is 11.6 Å². The van der Waals surface area contributed by atoms with Crippen LogP contribution >= 0.6 is 11.3 Å². The van der Waals surface area contributed by atoms with Gasteiger partial charge >= 0.3 is 0 Å². The van der Waals surface area contributed by atoms with Crippen LogP contribution in [0.25, 0.3) is 21.8 Å². The fourth-order valence-electron chi connectivity index (χ4n) is 4.74. The molecule has 1 unspecified atom stereocenters. The maximum atomic E-state index is 12.9. The molecule has 1 aromatic heterocycles. The van der Waals surface area contributed by atoms with E-state index in [1.165, 1.54) is 0 Å². The van der Waals surface area contributed by atoms with Gasteiger partial charge in [-0.25, -0.2) is 4.98 Å². The molecule has 6 heteroatoms. The van der Waals surface area contributed by atoms with Crippen LogP contribution < -0.4 is 10.2 Å². The summed E-state index contributed by atoms with van der Waals surface area (Å²) in [5.74, 6) is -0.399. The van der Waals surface area contributed by atoms with E-state index in [4.69, 9.17) is 4.98 Å². The fraction of sp³-hybridized carbons (Fsp3) is 0.233. The molecule has 0 radical (unpaired) electrons. The number of nitrogens with zero attached hydrogens (tertiary/aromatic N) is 2. The zero-order valence-electron chi connectivity index (χ0n) is 20.5. The van der Waals surface area contributed by atoms with Crippen molar-refractivity contribution in [1.29, 1.82) is 0 Å². The first-order valence-electron chi connectivity index (χ1n) is 12.3. The Kier molecular flexibility index (Phi) is 6.96. The molecule has 3 aromatic carbocycles. The Hall–Kier alpha value is -3.77. The van der Waals surface area contributed by atoms with Crippen LogP contribution in [0.15, 0.2) is 78.2 Å². The second kappa shape index (κ2) is 10.5. The highest BCUT2D eigenvalue weighted by molar-refractivity contribution is 7.13. The molecule has 2 amide bonds. The fourth-order valence-corrected chi connectivity index (χ4v) is 5.57. The van der Waals surface area contributed by atoms with E-state index in [9.17, 15) is 9.59 Å². The van der Waals surface area contributed by atoms with E-state index in [2.05, 4.69) is 35.8 Å². The van der Waals surface area contributed by atoms with E-state index in [1.54, 1.807) is 16.2 Å². The monoisotopic (exact) mass is 495 g/mol. The Morgan fingerprint density at radius 2 is 1.81 bits per heavy atom. The number of rotatable bonds is 7. The summed E-state index contributed by atoms with van der Waals surface area (Å²) in [4.78, 5) is 32.3. The van der Waals surface area contributed by atoms with Crippen LogP contribution in [0.2, 0.25) is 0 Å². The summed E-state index contributed by atoms with van der Waals surface area (Å²) in [6, 6.07) is 24.4. The maximum absolute atomic E-state index is 12.9. The second-order valence-electron chi connectivity index (χ2n) is 9.16. The van der Waals surface area contributed by atoms with Gasteiger partial charge in [0, 0.05) is 41.7 Å². The van der Waals surface area contributed by atoms with Crippen molar-refractivity contribution in [3.63, 3.8) is 0 Å². The molecule has 1 fully saturated rings. The molecule has 0 bridgehead atoms. The van der Waals surface area contributed by atoms with Crippen LogP contribution in [0, 0.1) is 12.8 Å². The molecule has 4 aromatic rings. The Balaban J connectivity index is 1.20. The third-order valence-electron chi connectivity index (χ3n) is 6.71. The average molecular weight is 496 g/mol. The largest absolute Gasteiger partial charge is 0.352 e. The van der Waals surface area contributed by atoms with Gasteiger partial charge in [-0.05, 0) is 30.0 Å². The van der Waals surface area contributed by atoms with Gasteiger partial charge in [0.15, 0.2) is 0 Å². The molecule has 182 valence electrons. The SMILES string of the molecule is CCc1cccc(C)c1N1CC(C(=O)NCc2ccc(-c3nc(-c4ccccc4)cs3)cc2)CC1=O. The topological polar surface area (TPSA) is 62.3 Å². The van der Waals surface area contributed by atoms with E-state index in [1.807, 2.05) is 61.5 Å². The number of para-hydroxylation sites is 1. The summed E-state index contributed by atoms with van der Waals surface area (Å²) in [6.45, 7) is 4.97. The zero-order valence-corrected chi connectivity index (χ0v) is 21.3. The molecule has 0 spiro atoms. The summed E-state index contributed by atoms with van der Waals surface area (Å²) < 4.78 is 0. The molecule has 36 heavy (non-hydrogen) atoms. The number of carbonyl (C=O) groups excluding carboxylic acids is 2. The third-order valence-corrected chi connectivity index (χ3v) is 7.60. The van der Waals surface area contributed by atoms with Gasteiger partial charge in [-0.2, -0.15) is 0 Å². The van der Waals surface area contributed by atoms with Gasteiger partial charge in [-0.15, -0.1) is 11.3 Å². The highest BCUT2D eigenvalue weighted by atomic mass is 32.1. The number of benzene rings is 3. The van der Waals surface area contributed by atoms with Gasteiger partial charge in [0.2, 0.25) is 11.8 Å². The highest BCUT2D eigenvalue weighted by Gasteiger charge is 2.36. The number of thiazole rings is 1. The minimum atomic E-state index is -0.340. The lowest BCUT2D eigenvalue weighted by Crippen LogP contribution is -2.33. The van der Waals surface area contributed by atoms with Crippen molar-refractivity contribution in [1.82, 2.24) is 10.3 Å². The number of carbonyl (C=O) groups is 2. The van der Waals surface area contributed by atoms with E-state index in [0.29, 0.717) is 13.1 Å². The standard InChI is InChI=1S/C30H29N3O2S/c1-3-22-11-7-8-20(2)28(22)33-18-25(16-27(33)34)29(35)31-17-21-12-14-24(15-13-21)30-32-26(19-36-30)23-9-5-4-6-10-23/h4-15,19,25H,3,16-18H2,1-2H3,(H,31,35). The predicted octanol–water partition coefficient (Wildman–Crippen LogP) is 6.02. The summed E-state index contributed by atoms with van der Waals surface area (Å²) >= 11 is 1.62. The molecule has 1 aliphatic heterocycles. The van der Waals surface area contributed by atoms with Crippen molar-refractivity contribution in [3.8, 4) is 21.8 Å². The zero-order chi connectivity index (χ0) is 25.1. The number of nitrogens with one attached hydrogen (secondary N) is 1. The number of hydrogen-bond acceptors (Lipinski definition) is 4. The molecular weight excluding hydrogens is 466 g/mol. The normalized spacial score (nSPS) is 15.3. The Morgan fingerprint density at radius 3 is 2.56 bits per heavy atom. The Morgan fingerprint density at radius 1 is 1.03 bits per heavy atom. The molecule has 0 aliphatic carbocycles. The predicted molar refractivity (Wildman–Crippen MR) is 146 cm³/mol. The number of aromatic nitrogens is 1. The third kappa shape index (κ3) is 4.95. The van der Waals surface area contributed by atoms with E-state index >= 15 is 0 Å². The van der Waals surface area contributed by atoms with Crippen molar-refractivity contribution < 1.29 is 9.59 Å². The Labute approximate surface area is 215 Å². The molecular formula is C30H29N3O2S. The molecule has 1 N–H and O–H groups in total. The molecule has 1 saturated heterocycles. The van der Waals surface area contributed by atoms with Crippen LogP contribution in [0.4, 0.5) is 5.69 Å². The molecule has 5 nitrogen and oxygen atoms in total. The summed E-state index contributed by atoms with van der Waals surface area (Å²) in [5, 5.41) is 6.07. The summed E-state index contributed by atoms with van der Waals surface area (Å²) in [5.41, 5.74) is 7.33. The van der Waals surface area contributed by atoms with Crippen molar-refractivity contribution in [2.24, 2.45) is 5.92 Å². The molecule has 0 saturated carbocycles. The first-order valence-corrected chi connectivity index (χ1v) is 13.2. The maximum Gasteiger partial charge on any atom is 0.227 e. The minimum Gasteiger partial charge on any atom is -0.352 e. The molecule has 1 aliphatic rings. The lowest BCUT2D eigenvalue weighted by Gasteiger charge is -2.22. The van der Waals surface area contributed by atoms with Gasteiger partial charge in [-0.1, -0.05) is 79.7 Å². The lowest BCUT2D eigenvalue weighted by atomic mass is 10.0. The number of hydrogen-bond donors (Lipinski definition) is 1. The quantitative estimate of drug-likeness (QED) is 0.341. The second-order valence-corrected chi connectivity index (χ2v) is 10.0. The number of amides is 2. The first kappa shape index (κ1) is 23.9. The number of anilines is 1. The van der Waals surface area contributed by atoms with Crippen LogP contribution in [-0.4, -0.2) is 23.3 Å². The van der Waals surface area contributed by atoms with Gasteiger partial charge in [0.25, 0.3) is 0 Å². The van der Waals surface area contributed by atoms with Crippen LogP contribution in [-0.2, 0) is 22.6 Å². The van der Waals surface area contributed by atoms with E-state index in [0.717, 1.165) is 50.6 Å². The van der Waals surface area contributed by atoms with Crippen LogP contribution in [0.1, 0.15) is 30.0 Å². The summed E-state index contributed by atoms with van der Waals surface area (Å²) in [7, 11) is 0. The summed E-state index contributed by atoms with van der Waals surface area (Å²) in [6.07, 6.45) is 1.10. The van der Waals surface area contributed by atoms with Gasteiger partial charge in [0.1, 0.15) is 5.01 Å². The first-order chi connectivity index (χ1) is 17.5.